The Morgan fingerprint density at radius 1 is 1.35 bits per heavy atom. The molecular formula is C13H16BrNO2. The molecule has 0 spiro atoms. The van der Waals surface area contributed by atoms with Crippen LogP contribution >= 0.6 is 15.9 Å². The van der Waals surface area contributed by atoms with Crippen LogP contribution in [-0.4, -0.2) is 22.4 Å². The first kappa shape index (κ1) is 12.4. The lowest BCUT2D eigenvalue weighted by Crippen LogP contribution is -2.30. The molecule has 1 aromatic rings. The highest BCUT2D eigenvalue weighted by Crippen LogP contribution is 2.30. The van der Waals surface area contributed by atoms with Crippen LogP contribution in [0, 0.1) is 5.92 Å². The minimum absolute atomic E-state index is 0.0726. The third-order valence-electron chi connectivity index (χ3n) is 3.22. The number of hydrogen-bond donors (Lipinski definition) is 2. The molecule has 0 radical (unpaired) electrons. The maximum absolute atomic E-state index is 11.8. The zero-order chi connectivity index (χ0) is 12.3. The van der Waals surface area contributed by atoms with Gasteiger partial charge in [0.05, 0.1) is 0 Å². The number of phenolic OH excluding ortho intramolecular Hbond substituents is 1. The van der Waals surface area contributed by atoms with Crippen molar-refractivity contribution in [2.75, 3.05) is 6.54 Å². The first-order valence-electron chi connectivity index (χ1n) is 5.88. The van der Waals surface area contributed by atoms with E-state index in [0.717, 1.165) is 6.54 Å². The highest BCUT2D eigenvalue weighted by atomic mass is 79.9. The SMILES string of the molecule is O=C(NCC1CCCC1Br)c1ccc(O)cc1. The lowest BCUT2D eigenvalue weighted by molar-refractivity contribution is 0.0948. The average Bonchev–Trinajstić information content (AvgIpc) is 2.73. The summed E-state index contributed by atoms with van der Waals surface area (Å²) in [5.41, 5.74) is 0.590. The van der Waals surface area contributed by atoms with E-state index in [2.05, 4.69) is 21.2 Å². The van der Waals surface area contributed by atoms with E-state index in [-0.39, 0.29) is 11.7 Å². The van der Waals surface area contributed by atoms with E-state index in [4.69, 9.17) is 5.11 Å². The van der Waals surface area contributed by atoms with Crippen molar-refractivity contribution in [2.45, 2.75) is 24.1 Å². The maximum Gasteiger partial charge on any atom is 0.251 e. The fraction of sp³-hybridized carbons (Fsp3) is 0.462. The third kappa shape index (κ3) is 3.22. The van der Waals surface area contributed by atoms with Crippen molar-refractivity contribution in [3.05, 3.63) is 29.8 Å². The Hall–Kier alpha value is -1.03. The fourth-order valence-electron chi connectivity index (χ4n) is 2.16. The van der Waals surface area contributed by atoms with E-state index in [1.807, 2.05) is 0 Å². The minimum atomic E-state index is -0.0726. The molecule has 4 heteroatoms. The number of alkyl halides is 1. The molecule has 1 amide bonds. The molecule has 2 N–H and O–H groups in total. The third-order valence-corrected chi connectivity index (χ3v) is 4.43. The van der Waals surface area contributed by atoms with Gasteiger partial charge in [0.1, 0.15) is 5.75 Å². The van der Waals surface area contributed by atoms with Crippen molar-refractivity contribution in [3.63, 3.8) is 0 Å². The van der Waals surface area contributed by atoms with Gasteiger partial charge in [0.25, 0.3) is 5.91 Å². The van der Waals surface area contributed by atoms with Crippen LogP contribution in [0.15, 0.2) is 24.3 Å². The summed E-state index contributed by atoms with van der Waals surface area (Å²) in [4.78, 5) is 12.3. The van der Waals surface area contributed by atoms with Crippen molar-refractivity contribution in [3.8, 4) is 5.75 Å². The second kappa shape index (κ2) is 5.54. The predicted molar refractivity (Wildman–Crippen MR) is 70.5 cm³/mol. The summed E-state index contributed by atoms with van der Waals surface area (Å²) < 4.78 is 0. The van der Waals surface area contributed by atoms with Gasteiger partial charge >= 0.3 is 0 Å². The van der Waals surface area contributed by atoms with Gasteiger partial charge in [0.2, 0.25) is 0 Å². The second-order valence-electron chi connectivity index (χ2n) is 4.46. The molecule has 2 atom stereocenters. The van der Waals surface area contributed by atoms with Gasteiger partial charge in [0, 0.05) is 16.9 Å². The molecule has 1 saturated carbocycles. The summed E-state index contributed by atoms with van der Waals surface area (Å²) >= 11 is 3.64. The summed E-state index contributed by atoms with van der Waals surface area (Å²) in [6.45, 7) is 0.718. The molecule has 92 valence electrons. The average molecular weight is 298 g/mol. The molecule has 0 bridgehead atoms. The number of nitrogens with one attached hydrogen (secondary N) is 1. The minimum Gasteiger partial charge on any atom is -0.508 e. The highest BCUT2D eigenvalue weighted by molar-refractivity contribution is 9.09. The smallest absolute Gasteiger partial charge is 0.251 e. The molecule has 1 aliphatic rings. The van der Waals surface area contributed by atoms with Gasteiger partial charge in [-0.25, -0.2) is 0 Å². The molecule has 1 fully saturated rings. The molecule has 0 aromatic heterocycles. The van der Waals surface area contributed by atoms with Gasteiger partial charge < -0.3 is 10.4 Å². The lowest BCUT2D eigenvalue weighted by atomic mass is 10.1. The van der Waals surface area contributed by atoms with E-state index in [0.29, 0.717) is 16.3 Å². The van der Waals surface area contributed by atoms with Crippen molar-refractivity contribution >= 4 is 21.8 Å². The van der Waals surface area contributed by atoms with Gasteiger partial charge in [-0.15, -0.1) is 0 Å². The van der Waals surface area contributed by atoms with E-state index < -0.39 is 0 Å². The van der Waals surface area contributed by atoms with Crippen molar-refractivity contribution in [2.24, 2.45) is 5.92 Å². The Labute approximate surface area is 109 Å². The molecule has 1 aliphatic carbocycles. The van der Waals surface area contributed by atoms with Crippen LogP contribution in [0.1, 0.15) is 29.6 Å². The standard InChI is InChI=1S/C13H16BrNO2/c14-12-3-1-2-10(12)8-15-13(17)9-4-6-11(16)7-5-9/h4-7,10,12,16H,1-3,8H2,(H,15,17). The largest absolute Gasteiger partial charge is 0.508 e. The van der Waals surface area contributed by atoms with Crippen LogP contribution in [0.5, 0.6) is 5.75 Å². The summed E-state index contributed by atoms with van der Waals surface area (Å²) in [5, 5.41) is 12.1. The summed E-state index contributed by atoms with van der Waals surface area (Å²) in [7, 11) is 0. The molecule has 3 nitrogen and oxygen atoms in total. The summed E-state index contributed by atoms with van der Waals surface area (Å²) in [6.07, 6.45) is 3.60. The van der Waals surface area contributed by atoms with Crippen LogP contribution in [0.4, 0.5) is 0 Å². The number of benzene rings is 1. The Balaban J connectivity index is 1.87. The van der Waals surface area contributed by atoms with Crippen molar-refractivity contribution in [1.29, 1.82) is 0 Å². The number of rotatable bonds is 3. The first-order valence-corrected chi connectivity index (χ1v) is 6.79. The molecule has 0 saturated heterocycles. The molecule has 2 rings (SSSR count). The molecule has 0 heterocycles. The molecular weight excluding hydrogens is 282 g/mol. The van der Waals surface area contributed by atoms with Crippen LogP contribution in [0.3, 0.4) is 0 Å². The Morgan fingerprint density at radius 2 is 2.06 bits per heavy atom. The summed E-state index contributed by atoms with van der Waals surface area (Å²) in [5.74, 6) is 0.644. The monoisotopic (exact) mass is 297 g/mol. The van der Waals surface area contributed by atoms with E-state index >= 15 is 0 Å². The zero-order valence-corrected chi connectivity index (χ0v) is 11.1. The normalized spacial score (nSPS) is 23.6. The van der Waals surface area contributed by atoms with Crippen LogP contribution in [0.25, 0.3) is 0 Å². The topological polar surface area (TPSA) is 49.3 Å². The number of halogens is 1. The number of aromatic hydroxyl groups is 1. The van der Waals surface area contributed by atoms with Crippen LogP contribution in [0.2, 0.25) is 0 Å². The second-order valence-corrected chi connectivity index (χ2v) is 5.64. The summed E-state index contributed by atoms with van der Waals surface area (Å²) in [6, 6.07) is 6.31. The Morgan fingerprint density at radius 3 is 2.65 bits per heavy atom. The number of carbonyl (C=O) groups excluding carboxylic acids is 1. The van der Waals surface area contributed by atoms with Gasteiger partial charge in [-0.05, 0) is 43.0 Å². The number of carbonyl (C=O) groups is 1. The molecule has 1 aromatic carbocycles. The van der Waals surface area contributed by atoms with Crippen LogP contribution in [-0.2, 0) is 0 Å². The Kier molecular flexibility index (Phi) is 4.05. The first-order chi connectivity index (χ1) is 8.16. The van der Waals surface area contributed by atoms with Gasteiger partial charge in [-0.2, -0.15) is 0 Å². The fourth-order valence-corrected chi connectivity index (χ4v) is 2.94. The quantitative estimate of drug-likeness (QED) is 0.843. The number of phenols is 1. The lowest BCUT2D eigenvalue weighted by Gasteiger charge is -2.14. The molecule has 2 unspecified atom stereocenters. The zero-order valence-electron chi connectivity index (χ0n) is 9.53. The highest BCUT2D eigenvalue weighted by Gasteiger charge is 2.25. The molecule has 0 aliphatic heterocycles. The van der Waals surface area contributed by atoms with E-state index in [1.165, 1.54) is 31.4 Å². The van der Waals surface area contributed by atoms with Crippen molar-refractivity contribution in [1.82, 2.24) is 5.32 Å². The van der Waals surface area contributed by atoms with Crippen LogP contribution < -0.4 is 5.32 Å². The van der Waals surface area contributed by atoms with E-state index in [9.17, 15) is 4.79 Å². The van der Waals surface area contributed by atoms with Gasteiger partial charge in [-0.1, -0.05) is 22.4 Å². The molecule has 17 heavy (non-hydrogen) atoms. The number of hydrogen-bond acceptors (Lipinski definition) is 2. The van der Waals surface area contributed by atoms with E-state index in [1.54, 1.807) is 12.1 Å². The van der Waals surface area contributed by atoms with Gasteiger partial charge in [0.15, 0.2) is 0 Å². The van der Waals surface area contributed by atoms with Gasteiger partial charge in [-0.3, -0.25) is 4.79 Å². The predicted octanol–water partition coefficient (Wildman–Crippen LogP) is 2.69. The maximum atomic E-state index is 11.8. The van der Waals surface area contributed by atoms with Crippen molar-refractivity contribution < 1.29 is 9.90 Å². The Bertz CT molecular complexity index is 391. The number of amides is 1.